The van der Waals surface area contributed by atoms with Gasteiger partial charge in [0, 0.05) is 6.04 Å². The van der Waals surface area contributed by atoms with Crippen LogP contribution in [0.5, 0.6) is 0 Å². The summed E-state index contributed by atoms with van der Waals surface area (Å²) in [5.74, 6) is 5.29. The van der Waals surface area contributed by atoms with Crippen LogP contribution in [0.15, 0.2) is 30.3 Å². The summed E-state index contributed by atoms with van der Waals surface area (Å²) in [6, 6.07) is 9.64. The highest BCUT2D eigenvalue weighted by Gasteiger charge is 2.27. The molecular weight excluding hydrogens is 257 g/mol. The zero-order valence-corrected chi connectivity index (χ0v) is 10.6. The lowest BCUT2D eigenvalue weighted by Gasteiger charge is -2.16. The van der Waals surface area contributed by atoms with Crippen LogP contribution < -0.4 is 11.3 Å². The van der Waals surface area contributed by atoms with E-state index in [1.165, 1.54) is 5.56 Å². The van der Waals surface area contributed by atoms with Gasteiger partial charge in [-0.1, -0.05) is 30.3 Å². The van der Waals surface area contributed by atoms with Crippen molar-refractivity contribution in [3.8, 4) is 0 Å². The number of hydrogen-bond donors (Lipinski definition) is 2. The first kappa shape index (κ1) is 15.9. The van der Waals surface area contributed by atoms with Gasteiger partial charge in [0.1, 0.15) is 6.61 Å². The predicted octanol–water partition coefficient (Wildman–Crippen LogP) is 2.42. The van der Waals surface area contributed by atoms with Crippen LogP contribution in [0, 0.1) is 0 Å². The van der Waals surface area contributed by atoms with Crippen LogP contribution in [0.3, 0.4) is 0 Å². The fourth-order valence-corrected chi connectivity index (χ4v) is 1.73. The highest BCUT2D eigenvalue weighted by molar-refractivity contribution is 5.14. The van der Waals surface area contributed by atoms with Gasteiger partial charge in [0.05, 0.1) is 6.61 Å². The first-order valence-electron chi connectivity index (χ1n) is 6.16. The number of alkyl halides is 3. The first-order chi connectivity index (χ1) is 9.01. The minimum absolute atomic E-state index is 0.0369. The third-order valence-electron chi connectivity index (χ3n) is 2.68. The first-order valence-corrected chi connectivity index (χ1v) is 6.16. The lowest BCUT2D eigenvalue weighted by atomic mass is 10.1. The van der Waals surface area contributed by atoms with Crippen LogP contribution in [0.25, 0.3) is 0 Å². The third-order valence-corrected chi connectivity index (χ3v) is 2.68. The summed E-state index contributed by atoms with van der Waals surface area (Å²) < 4.78 is 40.3. The average molecular weight is 276 g/mol. The van der Waals surface area contributed by atoms with Crippen LogP contribution in [0.4, 0.5) is 13.2 Å². The number of halogens is 3. The molecule has 108 valence electrons. The van der Waals surface area contributed by atoms with Crippen LogP contribution in [-0.2, 0) is 11.2 Å². The van der Waals surface area contributed by atoms with Crippen LogP contribution in [-0.4, -0.2) is 25.4 Å². The van der Waals surface area contributed by atoms with Crippen molar-refractivity contribution in [2.24, 2.45) is 5.84 Å². The monoisotopic (exact) mass is 276 g/mol. The summed E-state index contributed by atoms with van der Waals surface area (Å²) in [5, 5.41) is 0. The van der Waals surface area contributed by atoms with E-state index in [-0.39, 0.29) is 12.6 Å². The Kier molecular flexibility index (Phi) is 6.83. The van der Waals surface area contributed by atoms with Gasteiger partial charge in [0.25, 0.3) is 0 Å². The summed E-state index contributed by atoms with van der Waals surface area (Å²) in [4.78, 5) is 0. The summed E-state index contributed by atoms with van der Waals surface area (Å²) in [7, 11) is 0. The van der Waals surface area contributed by atoms with Crippen LogP contribution in [0.1, 0.15) is 18.4 Å². The van der Waals surface area contributed by atoms with Gasteiger partial charge in [-0.05, 0) is 24.8 Å². The Balaban J connectivity index is 2.18. The molecule has 1 atom stereocenters. The van der Waals surface area contributed by atoms with Crippen molar-refractivity contribution >= 4 is 0 Å². The summed E-state index contributed by atoms with van der Waals surface area (Å²) >= 11 is 0. The Bertz CT molecular complexity index is 343. The predicted molar refractivity (Wildman–Crippen MR) is 67.4 cm³/mol. The second kappa shape index (κ2) is 8.14. The number of ether oxygens (including phenoxy) is 1. The molecule has 19 heavy (non-hydrogen) atoms. The highest BCUT2D eigenvalue weighted by atomic mass is 19.4. The molecule has 0 heterocycles. The van der Waals surface area contributed by atoms with E-state index in [0.717, 1.165) is 12.8 Å². The molecule has 0 saturated heterocycles. The van der Waals surface area contributed by atoms with Gasteiger partial charge in [0.2, 0.25) is 0 Å². The maximum atomic E-state index is 11.9. The second-order valence-corrected chi connectivity index (χ2v) is 4.37. The van der Waals surface area contributed by atoms with E-state index < -0.39 is 12.8 Å². The Morgan fingerprint density at radius 1 is 1.21 bits per heavy atom. The Morgan fingerprint density at radius 2 is 1.89 bits per heavy atom. The van der Waals surface area contributed by atoms with Crippen LogP contribution in [0.2, 0.25) is 0 Å². The molecule has 0 spiro atoms. The Labute approximate surface area is 110 Å². The molecule has 0 radical (unpaired) electrons. The van der Waals surface area contributed by atoms with E-state index in [9.17, 15) is 13.2 Å². The van der Waals surface area contributed by atoms with E-state index in [0.29, 0.717) is 6.42 Å². The summed E-state index contributed by atoms with van der Waals surface area (Å²) in [6.07, 6.45) is -1.90. The van der Waals surface area contributed by atoms with E-state index >= 15 is 0 Å². The number of hydrazine groups is 1. The molecule has 0 amide bonds. The van der Waals surface area contributed by atoms with E-state index in [1.54, 1.807) is 0 Å². The topological polar surface area (TPSA) is 47.3 Å². The lowest BCUT2D eigenvalue weighted by molar-refractivity contribution is -0.175. The van der Waals surface area contributed by atoms with Crippen molar-refractivity contribution in [1.29, 1.82) is 0 Å². The zero-order chi connectivity index (χ0) is 14.1. The zero-order valence-electron chi connectivity index (χ0n) is 10.6. The normalized spacial score (nSPS) is 13.5. The molecule has 1 unspecified atom stereocenters. The highest BCUT2D eigenvalue weighted by Crippen LogP contribution is 2.15. The van der Waals surface area contributed by atoms with E-state index in [1.807, 2.05) is 30.3 Å². The quantitative estimate of drug-likeness (QED) is 0.566. The minimum Gasteiger partial charge on any atom is -0.370 e. The van der Waals surface area contributed by atoms with Crippen molar-refractivity contribution < 1.29 is 17.9 Å². The molecule has 0 aliphatic heterocycles. The minimum atomic E-state index is -4.29. The van der Waals surface area contributed by atoms with Crippen molar-refractivity contribution in [1.82, 2.24) is 5.43 Å². The van der Waals surface area contributed by atoms with Crippen molar-refractivity contribution in [2.75, 3.05) is 13.2 Å². The number of aryl methyl sites for hydroxylation is 1. The smallest absolute Gasteiger partial charge is 0.370 e. The number of hydrogen-bond acceptors (Lipinski definition) is 3. The molecule has 0 aliphatic carbocycles. The van der Waals surface area contributed by atoms with E-state index in [4.69, 9.17) is 5.84 Å². The van der Waals surface area contributed by atoms with Gasteiger partial charge in [-0.15, -0.1) is 0 Å². The van der Waals surface area contributed by atoms with Gasteiger partial charge in [-0.25, -0.2) is 0 Å². The fraction of sp³-hybridized carbons (Fsp3) is 0.538. The Hall–Kier alpha value is -1.11. The largest absolute Gasteiger partial charge is 0.411 e. The maximum absolute atomic E-state index is 11.9. The van der Waals surface area contributed by atoms with Gasteiger partial charge in [-0.3, -0.25) is 11.3 Å². The van der Waals surface area contributed by atoms with Crippen molar-refractivity contribution in [2.45, 2.75) is 31.5 Å². The number of benzene rings is 1. The number of nitrogens with two attached hydrogens (primary N) is 1. The molecule has 0 aromatic heterocycles. The number of rotatable bonds is 8. The van der Waals surface area contributed by atoms with Crippen LogP contribution >= 0.6 is 0 Å². The molecular formula is C13H19F3N2O. The Morgan fingerprint density at radius 3 is 2.47 bits per heavy atom. The lowest BCUT2D eigenvalue weighted by Crippen LogP contribution is -2.39. The molecule has 6 heteroatoms. The molecule has 0 saturated carbocycles. The standard InChI is InChI=1S/C13H19F3N2O/c14-13(15,16)10-19-9-12(18-17)8-4-7-11-5-2-1-3-6-11/h1-3,5-6,12,18H,4,7-10,17H2. The summed E-state index contributed by atoms with van der Waals surface area (Å²) in [6.45, 7) is -1.27. The molecule has 0 bridgehead atoms. The SMILES string of the molecule is NNC(CCCc1ccccc1)COCC(F)(F)F. The summed E-state index contributed by atoms with van der Waals surface area (Å²) in [5.41, 5.74) is 3.69. The molecule has 1 aromatic rings. The second-order valence-electron chi connectivity index (χ2n) is 4.37. The molecule has 3 N–H and O–H groups in total. The van der Waals surface area contributed by atoms with Crippen molar-refractivity contribution in [3.05, 3.63) is 35.9 Å². The van der Waals surface area contributed by atoms with Gasteiger partial charge < -0.3 is 4.74 Å². The molecule has 1 aromatic carbocycles. The molecule has 0 fully saturated rings. The third kappa shape index (κ3) is 7.81. The molecule has 0 aliphatic rings. The average Bonchev–Trinajstić information content (AvgIpc) is 2.37. The van der Waals surface area contributed by atoms with E-state index in [2.05, 4.69) is 10.2 Å². The van der Waals surface area contributed by atoms with Gasteiger partial charge in [0.15, 0.2) is 0 Å². The maximum Gasteiger partial charge on any atom is 0.411 e. The van der Waals surface area contributed by atoms with Crippen molar-refractivity contribution in [3.63, 3.8) is 0 Å². The fourth-order valence-electron chi connectivity index (χ4n) is 1.73. The van der Waals surface area contributed by atoms with Gasteiger partial charge >= 0.3 is 6.18 Å². The van der Waals surface area contributed by atoms with Gasteiger partial charge in [-0.2, -0.15) is 13.2 Å². The number of nitrogens with one attached hydrogen (secondary N) is 1. The molecule has 3 nitrogen and oxygen atoms in total. The molecule has 1 rings (SSSR count).